The van der Waals surface area contributed by atoms with Crippen LogP contribution in [0.2, 0.25) is 0 Å². The van der Waals surface area contributed by atoms with E-state index in [1.807, 2.05) is 36.4 Å². The van der Waals surface area contributed by atoms with Gasteiger partial charge in [0.25, 0.3) is 0 Å². The number of benzene rings is 4. The molecule has 0 radical (unpaired) electrons. The quantitative estimate of drug-likeness (QED) is 0.339. The maximum absolute atomic E-state index is 4.56. The van der Waals surface area contributed by atoms with Crippen molar-refractivity contribution in [3.05, 3.63) is 115 Å². The molecule has 0 aliphatic heterocycles. The van der Waals surface area contributed by atoms with Gasteiger partial charge in [-0.15, -0.1) is 10.2 Å². The highest BCUT2D eigenvalue weighted by molar-refractivity contribution is 6.01. The minimum atomic E-state index is 0.752. The Morgan fingerprint density at radius 1 is 0.625 bits per heavy atom. The molecule has 0 saturated heterocycles. The summed E-state index contributed by atoms with van der Waals surface area (Å²) in [6, 6.07) is 37.3. The number of anilines is 2. The molecule has 6 aromatic rings. The number of hydrogen-bond acceptors (Lipinski definition) is 3. The van der Waals surface area contributed by atoms with Crippen molar-refractivity contribution in [3.8, 4) is 16.9 Å². The number of hydrogen-bond donors (Lipinski definition) is 1. The molecule has 4 aromatic carbocycles. The first-order valence-electron chi connectivity index (χ1n) is 10.6. The molecule has 4 heteroatoms. The molecule has 6 rings (SSSR count). The van der Waals surface area contributed by atoms with Gasteiger partial charge in [-0.05, 0) is 36.4 Å². The zero-order valence-corrected chi connectivity index (χ0v) is 17.3. The van der Waals surface area contributed by atoms with Crippen molar-refractivity contribution in [1.82, 2.24) is 14.8 Å². The van der Waals surface area contributed by atoms with E-state index in [0.717, 1.165) is 50.1 Å². The van der Waals surface area contributed by atoms with Crippen molar-refractivity contribution < 1.29 is 0 Å². The summed E-state index contributed by atoms with van der Waals surface area (Å²) < 4.78 is 2.20. The van der Waals surface area contributed by atoms with Crippen LogP contribution in [0.15, 0.2) is 115 Å². The van der Waals surface area contributed by atoms with E-state index in [2.05, 4.69) is 99.1 Å². The van der Waals surface area contributed by atoms with E-state index in [9.17, 15) is 0 Å². The molecule has 0 bridgehead atoms. The van der Waals surface area contributed by atoms with E-state index in [1.54, 1.807) is 0 Å². The average molecular weight is 412 g/mol. The molecule has 4 nitrogen and oxygen atoms in total. The third-order valence-corrected chi connectivity index (χ3v) is 5.72. The lowest BCUT2D eigenvalue weighted by molar-refractivity contribution is 1.06. The smallest absolute Gasteiger partial charge is 0.161 e. The van der Waals surface area contributed by atoms with Crippen LogP contribution in [0.25, 0.3) is 38.6 Å². The average Bonchev–Trinajstić information content (AvgIpc) is 3.29. The van der Waals surface area contributed by atoms with Gasteiger partial charge in [0, 0.05) is 39.3 Å². The van der Waals surface area contributed by atoms with Gasteiger partial charge in [-0.1, -0.05) is 72.8 Å². The molecule has 152 valence electrons. The van der Waals surface area contributed by atoms with Crippen LogP contribution < -0.4 is 5.32 Å². The largest absolute Gasteiger partial charge is 0.338 e. The van der Waals surface area contributed by atoms with Gasteiger partial charge in [-0.2, -0.15) is 0 Å². The molecular weight excluding hydrogens is 392 g/mol. The minimum Gasteiger partial charge on any atom is -0.338 e. The molecule has 32 heavy (non-hydrogen) atoms. The van der Waals surface area contributed by atoms with Gasteiger partial charge in [0.2, 0.25) is 0 Å². The van der Waals surface area contributed by atoms with Gasteiger partial charge in [0.05, 0.1) is 5.52 Å². The number of aromatic nitrogens is 3. The first-order valence-corrected chi connectivity index (χ1v) is 10.6. The SMILES string of the molecule is c1ccc(-c2nnc(Nc3ccc4c(ccn4-c4ccccc4)c3)c3ccccc23)cc1. The molecule has 0 amide bonds. The number of nitrogens with zero attached hydrogens (tertiary/aromatic N) is 3. The van der Waals surface area contributed by atoms with Crippen molar-refractivity contribution in [2.24, 2.45) is 0 Å². The summed E-state index contributed by atoms with van der Waals surface area (Å²) in [6.07, 6.45) is 2.10. The van der Waals surface area contributed by atoms with Crippen molar-refractivity contribution in [1.29, 1.82) is 0 Å². The van der Waals surface area contributed by atoms with Gasteiger partial charge in [0.1, 0.15) is 5.69 Å². The fraction of sp³-hybridized carbons (Fsp3) is 0. The van der Waals surface area contributed by atoms with Crippen LogP contribution in [0.1, 0.15) is 0 Å². The predicted molar refractivity (Wildman–Crippen MR) is 132 cm³/mol. The van der Waals surface area contributed by atoms with Gasteiger partial charge < -0.3 is 9.88 Å². The number of para-hydroxylation sites is 1. The molecule has 0 spiro atoms. The first-order chi connectivity index (χ1) is 15.9. The lowest BCUT2D eigenvalue weighted by Gasteiger charge is -2.12. The molecule has 0 unspecified atom stereocenters. The third-order valence-electron chi connectivity index (χ3n) is 5.72. The topological polar surface area (TPSA) is 42.7 Å². The normalized spacial score (nSPS) is 11.1. The number of rotatable bonds is 4. The summed E-state index contributed by atoms with van der Waals surface area (Å²) in [4.78, 5) is 0. The molecule has 0 fully saturated rings. The summed E-state index contributed by atoms with van der Waals surface area (Å²) in [5, 5.41) is 15.9. The molecule has 2 aromatic heterocycles. The van der Waals surface area contributed by atoms with E-state index in [4.69, 9.17) is 0 Å². The predicted octanol–water partition coefficient (Wildman–Crippen LogP) is 6.98. The maximum atomic E-state index is 4.56. The Morgan fingerprint density at radius 3 is 2.16 bits per heavy atom. The standard InChI is InChI=1S/C28H20N4/c1-3-9-20(10-4-1)27-24-13-7-8-14-25(24)28(31-30-27)29-22-15-16-26-21(19-22)17-18-32(26)23-11-5-2-6-12-23/h1-19H,(H,29,31). The highest BCUT2D eigenvalue weighted by Gasteiger charge is 2.11. The van der Waals surface area contributed by atoms with Crippen LogP contribution in [0, 0.1) is 0 Å². The zero-order valence-electron chi connectivity index (χ0n) is 17.3. The number of fused-ring (bicyclic) bond motifs is 2. The molecular formula is C28H20N4. The van der Waals surface area contributed by atoms with Crippen molar-refractivity contribution in [2.45, 2.75) is 0 Å². The first kappa shape index (κ1) is 18.3. The van der Waals surface area contributed by atoms with Crippen LogP contribution in [-0.4, -0.2) is 14.8 Å². The Labute approximate surface area is 185 Å². The van der Waals surface area contributed by atoms with Crippen molar-refractivity contribution >= 4 is 33.2 Å². The highest BCUT2D eigenvalue weighted by Crippen LogP contribution is 2.32. The summed E-state index contributed by atoms with van der Waals surface area (Å²) >= 11 is 0. The van der Waals surface area contributed by atoms with E-state index < -0.39 is 0 Å². The van der Waals surface area contributed by atoms with Crippen LogP contribution >= 0.6 is 0 Å². The van der Waals surface area contributed by atoms with Crippen molar-refractivity contribution in [3.63, 3.8) is 0 Å². The van der Waals surface area contributed by atoms with E-state index >= 15 is 0 Å². The Morgan fingerprint density at radius 2 is 1.34 bits per heavy atom. The lowest BCUT2D eigenvalue weighted by Crippen LogP contribution is -1.99. The summed E-state index contributed by atoms with van der Waals surface area (Å²) in [7, 11) is 0. The van der Waals surface area contributed by atoms with E-state index in [0.29, 0.717) is 0 Å². The Hall–Kier alpha value is -4.44. The Kier molecular flexibility index (Phi) is 4.40. The van der Waals surface area contributed by atoms with Crippen LogP contribution in [-0.2, 0) is 0 Å². The molecule has 0 aliphatic carbocycles. The second kappa shape index (κ2) is 7.67. The Balaban J connectivity index is 1.39. The molecule has 0 saturated carbocycles. The minimum absolute atomic E-state index is 0.752. The van der Waals surface area contributed by atoms with Gasteiger partial charge in [-0.3, -0.25) is 0 Å². The zero-order chi connectivity index (χ0) is 21.3. The van der Waals surface area contributed by atoms with Gasteiger partial charge >= 0.3 is 0 Å². The number of nitrogens with one attached hydrogen (secondary N) is 1. The molecule has 0 aliphatic rings. The molecule has 0 atom stereocenters. The monoisotopic (exact) mass is 412 g/mol. The summed E-state index contributed by atoms with van der Waals surface area (Å²) in [5.41, 5.74) is 5.25. The van der Waals surface area contributed by atoms with Crippen molar-refractivity contribution in [2.75, 3.05) is 5.32 Å². The fourth-order valence-electron chi connectivity index (χ4n) is 4.18. The van der Waals surface area contributed by atoms with Crippen LogP contribution in [0.5, 0.6) is 0 Å². The highest BCUT2D eigenvalue weighted by atomic mass is 15.2. The third kappa shape index (κ3) is 3.19. The lowest BCUT2D eigenvalue weighted by atomic mass is 10.0. The van der Waals surface area contributed by atoms with Crippen LogP contribution in [0.3, 0.4) is 0 Å². The summed E-state index contributed by atoms with van der Waals surface area (Å²) in [6.45, 7) is 0. The maximum Gasteiger partial charge on any atom is 0.161 e. The van der Waals surface area contributed by atoms with E-state index in [-0.39, 0.29) is 0 Å². The fourth-order valence-corrected chi connectivity index (χ4v) is 4.18. The Bertz CT molecular complexity index is 1540. The second-order valence-electron chi connectivity index (χ2n) is 7.73. The second-order valence-corrected chi connectivity index (χ2v) is 7.73. The van der Waals surface area contributed by atoms with E-state index in [1.165, 1.54) is 0 Å². The van der Waals surface area contributed by atoms with Crippen LogP contribution in [0.4, 0.5) is 11.5 Å². The van der Waals surface area contributed by atoms with Gasteiger partial charge in [-0.25, -0.2) is 0 Å². The molecule has 1 N–H and O–H groups in total. The summed E-state index contributed by atoms with van der Waals surface area (Å²) in [5.74, 6) is 0.752. The molecule has 2 heterocycles. The van der Waals surface area contributed by atoms with Gasteiger partial charge in [0.15, 0.2) is 5.82 Å².